The van der Waals surface area contributed by atoms with Crippen LogP contribution in [0.4, 0.5) is 0 Å². The van der Waals surface area contributed by atoms with Gasteiger partial charge in [0.2, 0.25) is 0 Å². The van der Waals surface area contributed by atoms with Crippen LogP contribution in [-0.2, 0) is 0 Å². The van der Waals surface area contributed by atoms with Gasteiger partial charge in [0.1, 0.15) is 17.3 Å². The van der Waals surface area contributed by atoms with Crippen molar-refractivity contribution in [3.8, 4) is 5.75 Å². The van der Waals surface area contributed by atoms with Crippen LogP contribution in [0.15, 0.2) is 28.7 Å². The van der Waals surface area contributed by atoms with Crippen molar-refractivity contribution in [2.24, 2.45) is 0 Å². The second-order valence-corrected chi connectivity index (χ2v) is 4.99. The molecular weight excluding hydrogens is 271 g/mol. The van der Waals surface area contributed by atoms with Gasteiger partial charge in [-0.15, -0.1) is 11.6 Å². The summed E-state index contributed by atoms with van der Waals surface area (Å²) in [6.45, 7) is 3.80. The number of furan rings is 1. The number of hydrogen-bond donors (Lipinski definition) is 0. The van der Waals surface area contributed by atoms with Gasteiger partial charge in [-0.2, -0.15) is 0 Å². The van der Waals surface area contributed by atoms with E-state index in [2.05, 4.69) is 0 Å². The number of halogens is 2. The maximum absolute atomic E-state index is 6.51. The van der Waals surface area contributed by atoms with E-state index in [9.17, 15) is 0 Å². The van der Waals surface area contributed by atoms with E-state index >= 15 is 0 Å². The molecule has 0 spiro atoms. The Balaban J connectivity index is 2.48. The van der Waals surface area contributed by atoms with Crippen LogP contribution in [0.25, 0.3) is 0 Å². The molecule has 18 heavy (non-hydrogen) atoms. The Morgan fingerprint density at radius 1 is 1.17 bits per heavy atom. The number of rotatable bonds is 3. The van der Waals surface area contributed by atoms with Gasteiger partial charge in [-0.1, -0.05) is 11.6 Å². The Morgan fingerprint density at radius 3 is 2.44 bits per heavy atom. The molecule has 0 bridgehead atoms. The van der Waals surface area contributed by atoms with Crippen molar-refractivity contribution in [1.29, 1.82) is 0 Å². The first-order valence-corrected chi connectivity index (χ1v) is 6.38. The van der Waals surface area contributed by atoms with Crippen LogP contribution in [-0.4, -0.2) is 7.11 Å². The quantitative estimate of drug-likeness (QED) is 0.749. The average Bonchev–Trinajstić information content (AvgIpc) is 2.67. The summed E-state index contributed by atoms with van der Waals surface area (Å²) in [5, 5.41) is 0.297. The molecule has 0 saturated carbocycles. The van der Waals surface area contributed by atoms with E-state index in [0.717, 1.165) is 28.4 Å². The standard InChI is InChI=1S/C14H14Cl2O2/c1-8-6-11(9(2)18-8)14(16)12-7-10(15)4-5-13(12)17-3/h4-7,14H,1-3H3. The van der Waals surface area contributed by atoms with E-state index in [1.807, 2.05) is 32.0 Å². The van der Waals surface area contributed by atoms with E-state index in [1.54, 1.807) is 13.2 Å². The van der Waals surface area contributed by atoms with Crippen molar-refractivity contribution in [2.45, 2.75) is 19.2 Å². The zero-order chi connectivity index (χ0) is 13.3. The van der Waals surface area contributed by atoms with Crippen LogP contribution in [0.2, 0.25) is 5.02 Å². The zero-order valence-corrected chi connectivity index (χ0v) is 12.0. The highest BCUT2D eigenvalue weighted by atomic mass is 35.5. The summed E-state index contributed by atoms with van der Waals surface area (Å²) in [6.07, 6.45) is 0. The third-order valence-corrected chi connectivity index (χ3v) is 3.52. The fraction of sp³-hybridized carbons (Fsp3) is 0.286. The minimum atomic E-state index is -0.337. The molecule has 1 atom stereocenters. The Hall–Kier alpha value is -1.12. The van der Waals surface area contributed by atoms with Gasteiger partial charge in [0.25, 0.3) is 0 Å². The van der Waals surface area contributed by atoms with Crippen molar-refractivity contribution in [1.82, 2.24) is 0 Å². The molecule has 1 aromatic heterocycles. The van der Waals surface area contributed by atoms with Crippen LogP contribution < -0.4 is 4.74 Å². The summed E-state index contributed by atoms with van der Waals surface area (Å²) >= 11 is 12.5. The number of ether oxygens (including phenoxy) is 1. The third-order valence-electron chi connectivity index (χ3n) is 2.82. The largest absolute Gasteiger partial charge is 0.496 e. The number of hydrogen-bond acceptors (Lipinski definition) is 2. The lowest BCUT2D eigenvalue weighted by Gasteiger charge is -2.13. The van der Waals surface area contributed by atoms with Crippen LogP contribution >= 0.6 is 23.2 Å². The molecule has 0 aliphatic heterocycles. The molecule has 0 radical (unpaired) electrons. The second-order valence-electron chi connectivity index (χ2n) is 4.12. The van der Waals surface area contributed by atoms with Crippen molar-refractivity contribution in [3.05, 3.63) is 51.9 Å². The van der Waals surface area contributed by atoms with Crippen LogP contribution in [0.1, 0.15) is 28.0 Å². The second kappa shape index (κ2) is 5.25. The first-order valence-electron chi connectivity index (χ1n) is 5.57. The Labute approximate surface area is 116 Å². The van der Waals surface area contributed by atoms with E-state index in [1.165, 1.54) is 0 Å². The van der Waals surface area contributed by atoms with Gasteiger partial charge in [0.05, 0.1) is 12.5 Å². The fourth-order valence-corrected chi connectivity index (χ4v) is 2.54. The summed E-state index contributed by atoms with van der Waals surface area (Å²) in [5.74, 6) is 2.38. The van der Waals surface area contributed by atoms with Crippen molar-refractivity contribution in [3.63, 3.8) is 0 Å². The molecule has 0 saturated heterocycles. The summed E-state index contributed by atoms with van der Waals surface area (Å²) < 4.78 is 10.8. The molecule has 1 unspecified atom stereocenters. The fourth-order valence-electron chi connectivity index (χ4n) is 1.97. The van der Waals surface area contributed by atoms with Crippen molar-refractivity contribution < 1.29 is 9.15 Å². The highest BCUT2D eigenvalue weighted by Gasteiger charge is 2.20. The Kier molecular flexibility index (Phi) is 3.88. The minimum Gasteiger partial charge on any atom is -0.496 e. The zero-order valence-electron chi connectivity index (χ0n) is 10.5. The molecule has 4 heteroatoms. The van der Waals surface area contributed by atoms with Gasteiger partial charge in [0, 0.05) is 16.1 Å². The van der Waals surface area contributed by atoms with E-state index < -0.39 is 0 Å². The maximum atomic E-state index is 6.51. The number of alkyl halides is 1. The van der Waals surface area contributed by atoms with Crippen molar-refractivity contribution in [2.75, 3.05) is 7.11 Å². The molecule has 1 aromatic carbocycles. The molecule has 0 aliphatic rings. The van der Waals surface area contributed by atoms with E-state index in [4.69, 9.17) is 32.4 Å². The van der Waals surface area contributed by atoms with Gasteiger partial charge >= 0.3 is 0 Å². The monoisotopic (exact) mass is 284 g/mol. The normalized spacial score (nSPS) is 12.5. The van der Waals surface area contributed by atoms with Crippen molar-refractivity contribution >= 4 is 23.2 Å². The Bertz CT molecular complexity index is 561. The first-order chi connectivity index (χ1) is 8.52. The first kappa shape index (κ1) is 13.3. The lowest BCUT2D eigenvalue weighted by atomic mass is 10.0. The van der Waals surface area contributed by atoms with Crippen LogP contribution in [0.3, 0.4) is 0 Å². The van der Waals surface area contributed by atoms with E-state index in [0.29, 0.717) is 5.02 Å². The van der Waals surface area contributed by atoms with E-state index in [-0.39, 0.29) is 5.38 Å². The number of benzene rings is 1. The Morgan fingerprint density at radius 2 is 1.89 bits per heavy atom. The maximum Gasteiger partial charge on any atom is 0.124 e. The topological polar surface area (TPSA) is 22.4 Å². The molecule has 1 heterocycles. The summed E-state index contributed by atoms with van der Waals surface area (Å²) in [6, 6.07) is 7.35. The summed E-state index contributed by atoms with van der Waals surface area (Å²) in [4.78, 5) is 0. The van der Waals surface area contributed by atoms with Gasteiger partial charge in [-0.25, -0.2) is 0 Å². The smallest absolute Gasteiger partial charge is 0.124 e. The predicted octanol–water partition coefficient (Wildman–Crippen LogP) is 4.89. The van der Waals surface area contributed by atoms with Crippen LogP contribution in [0.5, 0.6) is 5.75 Å². The molecule has 0 N–H and O–H groups in total. The molecular formula is C14H14Cl2O2. The van der Waals surface area contributed by atoms with Gasteiger partial charge in [-0.05, 0) is 38.1 Å². The van der Waals surface area contributed by atoms with Gasteiger partial charge < -0.3 is 9.15 Å². The average molecular weight is 285 g/mol. The molecule has 2 aromatic rings. The lowest BCUT2D eigenvalue weighted by Crippen LogP contribution is -1.97. The summed E-state index contributed by atoms with van der Waals surface area (Å²) in [7, 11) is 1.61. The number of methoxy groups -OCH3 is 1. The summed E-state index contributed by atoms with van der Waals surface area (Å²) in [5.41, 5.74) is 1.78. The molecule has 0 fully saturated rings. The molecule has 0 aliphatic carbocycles. The van der Waals surface area contributed by atoms with Crippen LogP contribution in [0, 0.1) is 13.8 Å². The van der Waals surface area contributed by atoms with Gasteiger partial charge in [0.15, 0.2) is 0 Å². The van der Waals surface area contributed by atoms with Gasteiger partial charge in [-0.3, -0.25) is 0 Å². The highest BCUT2D eigenvalue weighted by Crippen LogP contribution is 2.38. The minimum absolute atomic E-state index is 0.337. The lowest BCUT2D eigenvalue weighted by molar-refractivity contribution is 0.410. The third kappa shape index (κ3) is 2.50. The molecule has 96 valence electrons. The SMILES string of the molecule is COc1ccc(Cl)cc1C(Cl)c1cc(C)oc1C. The number of aryl methyl sites for hydroxylation is 2. The molecule has 2 nitrogen and oxygen atoms in total. The predicted molar refractivity (Wildman–Crippen MR) is 73.9 cm³/mol. The molecule has 0 amide bonds. The molecule has 2 rings (SSSR count). The highest BCUT2D eigenvalue weighted by molar-refractivity contribution is 6.31.